The third-order valence-electron chi connectivity index (χ3n) is 4.55. The van der Waals surface area contributed by atoms with Crippen molar-refractivity contribution in [3.05, 3.63) is 108 Å². The highest BCUT2D eigenvalue weighted by molar-refractivity contribution is 7.99. The molecule has 3 nitrogen and oxygen atoms in total. The Labute approximate surface area is 174 Å². The summed E-state index contributed by atoms with van der Waals surface area (Å²) < 4.78 is 0. The SMILES string of the molecule is Cc1ccc(Sc2ccc(/C=N\NC(=O)c3cccc4ccccc34)cc2)cc1. The number of carbonyl (C=O) groups excluding carboxylic acids is 1. The maximum atomic E-state index is 12.5. The average molecular weight is 397 g/mol. The lowest BCUT2D eigenvalue weighted by atomic mass is 10.0. The number of hydrogen-bond donors (Lipinski definition) is 1. The van der Waals surface area contributed by atoms with Crippen LogP contribution in [0.25, 0.3) is 10.8 Å². The minimum absolute atomic E-state index is 0.218. The van der Waals surface area contributed by atoms with E-state index in [2.05, 4.69) is 53.8 Å². The minimum atomic E-state index is -0.218. The first-order valence-corrected chi connectivity index (χ1v) is 10.2. The molecule has 0 fully saturated rings. The second kappa shape index (κ2) is 8.76. The Bertz CT molecular complexity index is 1160. The van der Waals surface area contributed by atoms with Crippen LogP contribution in [0.4, 0.5) is 0 Å². The summed E-state index contributed by atoms with van der Waals surface area (Å²) in [6.07, 6.45) is 1.66. The molecule has 0 saturated carbocycles. The maximum Gasteiger partial charge on any atom is 0.271 e. The summed E-state index contributed by atoms with van der Waals surface area (Å²) in [5, 5.41) is 6.07. The van der Waals surface area contributed by atoms with Crippen molar-refractivity contribution in [3.63, 3.8) is 0 Å². The van der Waals surface area contributed by atoms with Crippen molar-refractivity contribution < 1.29 is 4.79 Å². The Kier molecular flexibility index (Phi) is 5.73. The van der Waals surface area contributed by atoms with E-state index in [1.54, 1.807) is 18.0 Å². The number of hydrazone groups is 1. The highest BCUT2D eigenvalue weighted by atomic mass is 32.2. The Hall–Kier alpha value is -3.37. The Morgan fingerprint density at radius 1 is 0.828 bits per heavy atom. The highest BCUT2D eigenvalue weighted by Gasteiger charge is 2.08. The van der Waals surface area contributed by atoms with Crippen LogP contribution in [-0.4, -0.2) is 12.1 Å². The molecule has 4 aromatic carbocycles. The maximum absolute atomic E-state index is 12.5. The van der Waals surface area contributed by atoms with Crippen LogP contribution in [0.5, 0.6) is 0 Å². The van der Waals surface area contributed by atoms with Crippen molar-refractivity contribution in [2.45, 2.75) is 16.7 Å². The van der Waals surface area contributed by atoms with E-state index < -0.39 is 0 Å². The fraction of sp³-hybridized carbons (Fsp3) is 0.0400. The van der Waals surface area contributed by atoms with Gasteiger partial charge in [0.05, 0.1) is 6.21 Å². The summed E-state index contributed by atoms with van der Waals surface area (Å²) >= 11 is 1.72. The molecule has 0 unspecified atom stereocenters. The van der Waals surface area contributed by atoms with Gasteiger partial charge >= 0.3 is 0 Å². The molecule has 1 N–H and O–H groups in total. The van der Waals surface area contributed by atoms with Crippen molar-refractivity contribution >= 4 is 34.7 Å². The topological polar surface area (TPSA) is 41.5 Å². The average Bonchev–Trinajstić information content (AvgIpc) is 2.76. The van der Waals surface area contributed by atoms with Gasteiger partial charge < -0.3 is 0 Å². The van der Waals surface area contributed by atoms with Gasteiger partial charge in [0.25, 0.3) is 5.91 Å². The summed E-state index contributed by atoms with van der Waals surface area (Å²) in [5.74, 6) is -0.218. The Morgan fingerprint density at radius 3 is 2.24 bits per heavy atom. The number of aryl methyl sites for hydroxylation is 1. The van der Waals surface area contributed by atoms with E-state index in [-0.39, 0.29) is 5.91 Å². The van der Waals surface area contributed by atoms with Crippen LogP contribution in [0.1, 0.15) is 21.5 Å². The third kappa shape index (κ3) is 4.73. The second-order valence-electron chi connectivity index (χ2n) is 6.71. The standard InChI is InChI=1S/C25H20N2OS/c1-18-9-13-21(14-10-18)29-22-15-11-19(12-16-22)17-26-27-25(28)24-8-4-6-20-5-2-3-7-23(20)24/h2-17H,1H3,(H,27,28)/b26-17-. The molecular weight excluding hydrogens is 376 g/mol. The normalized spacial score (nSPS) is 11.1. The van der Waals surface area contributed by atoms with Gasteiger partial charge in [-0.05, 0) is 53.6 Å². The van der Waals surface area contributed by atoms with Crippen molar-refractivity contribution in [2.75, 3.05) is 0 Å². The number of fused-ring (bicyclic) bond motifs is 1. The monoisotopic (exact) mass is 396 g/mol. The van der Waals surface area contributed by atoms with Crippen LogP contribution in [0.2, 0.25) is 0 Å². The van der Waals surface area contributed by atoms with Gasteiger partial charge in [0.15, 0.2) is 0 Å². The number of hydrogen-bond acceptors (Lipinski definition) is 3. The molecule has 0 bridgehead atoms. The van der Waals surface area contributed by atoms with Gasteiger partial charge in [-0.3, -0.25) is 4.79 Å². The van der Waals surface area contributed by atoms with Gasteiger partial charge in [-0.2, -0.15) is 5.10 Å². The van der Waals surface area contributed by atoms with E-state index in [0.717, 1.165) is 21.2 Å². The Morgan fingerprint density at radius 2 is 1.48 bits per heavy atom. The van der Waals surface area contributed by atoms with E-state index in [1.165, 1.54) is 10.5 Å². The molecule has 4 rings (SSSR count). The van der Waals surface area contributed by atoms with Crippen molar-refractivity contribution in [1.82, 2.24) is 5.43 Å². The van der Waals surface area contributed by atoms with Crippen LogP contribution in [0.15, 0.2) is 106 Å². The molecule has 0 aliphatic heterocycles. The van der Waals surface area contributed by atoms with Gasteiger partial charge in [-0.1, -0.05) is 78.0 Å². The number of nitrogens with one attached hydrogen (secondary N) is 1. The van der Waals surface area contributed by atoms with Crippen molar-refractivity contribution in [3.8, 4) is 0 Å². The molecular formula is C25H20N2OS. The van der Waals surface area contributed by atoms with E-state index in [9.17, 15) is 4.79 Å². The zero-order valence-electron chi connectivity index (χ0n) is 16.0. The van der Waals surface area contributed by atoms with Gasteiger partial charge in [-0.15, -0.1) is 0 Å². The van der Waals surface area contributed by atoms with Crippen LogP contribution in [0.3, 0.4) is 0 Å². The quantitative estimate of drug-likeness (QED) is 0.329. The molecule has 0 spiro atoms. The van der Waals surface area contributed by atoms with Crippen LogP contribution < -0.4 is 5.43 Å². The lowest BCUT2D eigenvalue weighted by Crippen LogP contribution is -2.17. The van der Waals surface area contributed by atoms with Gasteiger partial charge in [0, 0.05) is 15.4 Å². The molecule has 4 heteroatoms. The van der Waals surface area contributed by atoms with Crippen LogP contribution in [0, 0.1) is 6.92 Å². The molecule has 4 aromatic rings. The predicted octanol–water partition coefficient (Wildman–Crippen LogP) is 6.06. The zero-order chi connectivity index (χ0) is 20.1. The molecule has 0 aliphatic carbocycles. The molecule has 0 saturated heterocycles. The molecule has 1 amide bonds. The fourth-order valence-electron chi connectivity index (χ4n) is 3.01. The zero-order valence-corrected chi connectivity index (χ0v) is 16.8. The van der Waals surface area contributed by atoms with E-state index in [0.29, 0.717) is 5.56 Å². The first-order valence-electron chi connectivity index (χ1n) is 9.35. The summed E-state index contributed by atoms with van der Waals surface area (Å²) in [6.45, 7) is 2.08. The Balaban J connectivity index is 1.40. The molecule has 0 radical (unpaired) electrons. The number of rotatable bonds is 5. The van der Waals surface area contributed by atoms with Crippen LogP contribution >= 0.6 is 11.8 Å². The lowest BCUT2D eigenvalue weighted by molar-refractivity contribution is 0.0957. The number of benzene rings is 4. The van der Waals surface area contributed by atoms with Crippen molar-refractivity contribution in [2.24, 2.45) is 5.10 Å². The van der Waals surface area contributed by atoms with E-state index >= 15 is 0 Å². The molecule has 29 heavy (non-hydrogen) atoms. The summed E-state index contributed by atoms with van der Waals surface area (Å²) in [7, 11) is 0. The number of nitrogens with zero attached hydrogens (tertiary/aromatic N) is 1. The third-order valence-corrected chi connectivity index (χ3v) is 5.57. The first kappa shape index (κ1) is 19.0. The molecule has 0 heterocycles. The molecule has 0 aliphatic rings. The van der Waals surface area contributed by atoms with Crippen LogP contribution in [-0.2, 0) is 0 Å². The van der Waals surface area contributed by atoms with E-state index in [1.807, 2.05) is 54.6 Å². The largest absolute Gasteiger partial charge is 0.271 e. The number of amides is 1. The number of carbonyl (C=O) groups is 1. The predicted molar refractivity (Wildman–Crippen MR) is 121 cm³/mol. The summed E-state index contributed by atoms with van der Waals surface area (Å²) in [4.78, 5) is 14.9. The second-order valence-corrected chi connectivity index (χ2v) is 7.86. The van der Waals surface area contributed by atoms with Gasteiger partial charge in [0.1, 0.15) is 0 Å². The fourth-order valence-corrected chi connectivity index (χ4v) is 3.83. The first-order chi connectivity index (χ1) is 14.2. The smallest absolute Gasteiger partial charge is 0.267 e. The van der Waals surface area contributed by atoms with Gasteiger partial charge in [-0.25, -0.2) is 5.43 Å². The summed E-state index contributed by atoms with van der Waals surface area (Å²) in [6, 6.07) is 30.1. The highest BCUT2D eigenvalue weighted by Crippen LogP contribution is 2.27. The van der Waals surface area contributed by atoms with E-state index in [4.69, 9.17) is 0 Å². The van der Waals surface area contributed by atoms with Gasteiger partial charge in [0.2, 0.25) is 0 Å². The minimum Gasteiger partial charge on any atom is -0.267 e. The molecule has 0 atom stereocenters. The lowest BCUT2D eigenvalue weighted by Gasteiger charge is -2.05. The van der Waals surface area contributed by atoms with Crippen molar-refractivity contribution in [1.29, 1.82) is 0 Å². The molecule has 0 aromatic heterocycles. The molecule has 142 valence electrons. The summed E-state index contributed by atoms with van der Waals surface area (Å²) in [5.41, 5.74) is 5.42.